The molecule has 1 amide bonds. The predicted molar refractivity (Wildman–Crippen MR) is 241 cm³/mol. The molecule has 0 aromatic rings. The third kappa shape index (κ3) is 42.8. The lowest BCUT2D eigenvalue weighted by molar-refractivity contribution is -0.125. The van der Waals surface area contributed by atoms with Crippen LogP contribution in [0.4, 0.5) is 0 Å². The van der Waals surface area contributed by atoms with Crippen molar-refractivity contribution in [2.24, 2.45) is 0 Å². The molecule has 3 atom stereocenters. The first kappa shape index (κ1) is 54.3. The van der Waals surface area contributed by atoms with Crippen LogP contribution in [-0.4, -0.2) is 46.1 Å². The molecule has 5 heteroatoms. The van der Waals surface area contributed by atoms with Crippen molar-refractivity contribution in [2.45, 2.75) is 308 Å². The Kier molecular flexibility index (Phi) is 45.5. The molecule has 0 radical (unpaired) electrons. The van der Waals surface area contributed by atoms with Gasteiger partial charge in [0.25, 0.3) is 0 Å². The van der Waals surface area contributed by atoms with Crippen LogP contribution in [0.2, 0.25) is 0 Å². The van der Waals surface area contributed by atoms with Crippen molar-refractivity contribution in [3.63, 3.8) is 0 Å². The average molecular weight is 780 g/mol. The van der Waals surface area contributed by atoms with E-state index in [1.165, 1.54) is 231 Å². The van der Waals surface area contributed by atoms with Crippen molar-refractivity contribution in [1.82, 2.24) is 5.32 Å². The minimum atomic E-state index is -0.743. The van der Waals surface area contributed by atoms with Gasteiger partial charge in [-0.3, -0.25) is 4.79 Å². The number of hydrogen-bond acceptors (Lipinski definition) is 4. The van der Waals surface area contributed by atoms with Crippen LogP contribution in [0.3, 0.4) is 0 Å². The zero-order valence-corrected chi connectivity index (χ0v) is 37.6. The Morgan fingerprint density at radius 3 is 0.873 bits per heavy atom. The fraction of sp³-hybridized carbons (Fsp3) is 0.980. The fourth-order valence-corrected chi connectivity index (χ4v) is 8.29. The second-order valence-electron chi connectivity index (χ2n) is 17.8. The molecular weight excluding hydrogens is 679 g/mol. The van der Waals surface area contributed by atoms with Crippen LogP contribution in [0.25, 0.3) is 0 Å². The van der Waals surface area contributed by atoms with E-state index in [4.69, 9.17) is 0 Å². The first-order valence-corrected chi connectivity index (χ1v) is 25.3. The van der Waals surface area contributed by atoms with Crippen LogP contribution in [0, 0.1) is 0 Å². The van der Waals surface area contributed by atoms with Gasteiger partial charge in [-0.25, -0.2) is 0 Å². The Labute approximate surface area is 345 Å². The average Bonchev–Trinajstić information content (AvgIpc) is 3.18. The fourth-order valence-electron chi connectivity index (χ4n) is 8.29. The molecular formula is C50H101NO4. The minimum absolute atomic E-state index is 0.0432. The lowest BCUT2D eigenvalue weighted by Gasteiger charge is -2.23. The number of nitrogens with one attached hydrogen (secondary N) is 1. The standard InChI is InChI=1S/C50H101NO4/c1-3-5-7-9-11-13-15-17-19-20-21-22-23-24-25-26-27-28-29-30-31-33-35-37-39-41-43-47(53)45-50(55)51-48(46-52)49(54)44-42-40-38-36-34-32-18-16-14-12-10-8-6-4-2/h47-49,52-54H,3-46H2,1-2H3,(H,51,55). The molecule has 0 aliphatic heterocycles. The number of aliphatic hydroxyl groups excluding tert-OH is 3. The summed E-state index contributed by atoms with van der Waals surface area (Å²) in [4.78, 5) is 12.5. The maximum Gasteiger partial charge on any atom is 0.222 e. The molecule has 5 nitrogen and oxygen atoms in total. The van der Waals surface area contributed by atoms with E-state index in [1.807, 2.05) is 0 Å². The highest BCUT2D eigenvalue weighted by Gasteiger charge is 2.21. The van der Waals surface area contributed by atoms with Gasteiger partial charge in [0.05, 0.1) is 31.3 Å². The van der Waals surface area contributed by atoms with E-state index in [0.717, 1.165) is 25.7 Å². The molecule has 0 aromatic heterocycles. The van der Waals surface area contributed by atoms with E-state index < -0.39 is 18.2 Å². The van der Waals surface area contributed by atoms with Crippen LogP contribution in [-0.2, 0) is 4.79 Å². The summed E-state index contributed by atoms with van der Waals surface area (Å²) in [6.45, 7) is 4.29. The maximum absolute atomic E-state index is 12.5. The third-order valence-electron chi connectivity index (χ3n) is 12.2. The normalized spacial score (nSPS) is 13.3. The monoisotopic (exact) mass is 780 g/mol. The number of hydrogen-bond donors (Lipinski definition) is 4. The molecule has 0 rings (SSSR count). The lowest BCUT2D eigenvalue weighted by atomic mass is 10.0. The van der Waals surface area contributed by atoms with E-state index in [2.05, 4.69) is 19.2 Å². The Morgan fingerprint density at radius 2 is 0.618 bits per heavy atom. The highest BCUT2D eigenvalue weighted by Crippen LogP contribution is 2.18. The molecule has 3 unspecified atom stereocenters. The van der Waals surface area contributed by atoms with Gasteiger partial charge in [-0.1, -0.05) is 271 Å². The number of amides is 1. The highest BCUT2D eigenvalue weighted by molar-refractivity contribution is 5.76. The van der Waals surface area contributed by atoms with E-state index in [-0.39, 0.29) is 18.9 Å². The van der Waals surface area contributed by atoms with Gasteiger partial charge in [-0.05, 0) is 12.8 Å². The minimum Gasteiger partial charge on any atom is -0.394 e. The Bertz CT molecular complexity index is 733. The summed E-state index contributed by atoms with van der Waals surface area (Å²) in [7, 11) is 0. The van der Waals surface area contributed by atoms with E-state index in [9.17, 15) is 20.1 Å². The molecule has 0 fully saturated rings. The van der Waals surface area contributed by atoms with Gasteiger partial charge in [0.2, 0.25) is 5.91 Å². The maximum atomic E-state index is 12.5. The summed E-state index contributed by atoms with van der Waals surface area (Å²) in [6, 6.07) is -0.652. The second-order valence-corrected chi connectivity index (χ2v) is 17.8. The molecule has 0 saturated heterocycles. The van der Waals surface area contributed by atoms with Crippen molar-refractivity contribution in [1.29, 1.82) is 0 Å². The number of unbranched alkanes of at least 4 members (excludes halogenated alkanes) is 38. The topological polar surface area (TPSA) is 89.8 Å². The van der Waals surface area contributed by atoms with Crippen LogP contribution >= 0.6 is 0 Å². The van der Waals surface area contributed by atoms with Crippen LogP contribution < -0.4 is 5.32 Å². The summed E-state index contributed by atoms with van der Waals surface area (Å²) in [5.41, 5.74) is 0. The molecule has 0 aliphatic rings. The molecule has 0 aromatic carbocycles. The summed E-state index contributed by atoms with van der Waals surface area (Å²) < 4.78 is 0. The van der Waals surface area contributed by atoms with Gasteiger partial charge in [-0.2, -0.15) is 0 Å². The Hall–Kier alpha value is -0.650. The number of carbonyl (C=O) groups is 1. The molecule has 0 heterocycles. The smallest absolute Gasteiger partial charge is 0.222 e. The van der Waals surface area contributed by atoms with E-state index in [1.54, 1.807) is 0 Å². The quantitative estimate of drug-likeness (QED) is 0.0463. The van der Waals surface area contributed by atoms with Gasteiger partial charge in [0.1, 0.15) is 0 Å². The van der Waals surface area contributed by atoms with E-state index >= 15 is 0 Å². The van der Waals surface area contributed by atoms with Gasteiger partial charge >= 0.3 is 0 Å². The zero-order chi connectivity index (χ0) is 40.1. The molecule has 330 valence electrons. The largest absolute Gasteiger partial charge is 0.394 e. The Balaban J connectivity index is 3.48. The SMILES string of the molecule is CCCCCCCCCCCCCCCCCCCCCCCCCCCCC(O)CC(=O)NC(CO)C(O)CCCCCCCCCCCCCCCC. The van der Waals surface area contributed by atoms with Gasteiger partial charge in [-0.15, -0.1) is 0 Å². The van der Waals surface area contributed by atoms with Gasteiger partial charge < -0.3 is 20.6 Å². The molecule has 0 saturated carbocycles. The highest BCUT2D eigenvalue weighted by atomic mass is 16.3. The predicted octanol–water partition coefficient (Wildman–Crippen LogP) is 15.0. The summed E-state index contributed by atoms with van der Waals surface area (Å²) in [5.74, 6) is -0.277. The number of rotatable bonds is 47. The molecule has 0 spiro atoms. The van der Waals surface area contributed by atoms with Crippen LogP contribution in [0.5, 0.6) is 0 Å². The first-order valence-electron chi connectivity index (χ1n) is 25.3. The van der Waals surface area contributed by atoms with Crippen molar-refractivity contribution in [3.05, 3.63) is 0 Å². The lowest BCUT2D eigenvalue weighted by Crippen LogP contribution is -2.46. The number of carbonyl (C=O) groups excluding carboxylic acids is 1. The van der Waals surface area contributed by atoms with Crippen molar-refractivity contribution in [3.8, 4) is 0 Å². The van der Waals surface area contributed by atoms with Crippen molar-refractivity contribution < 1.29 is 20.1 Å². The third-order valence-corrected chi connectivity index (χ3v) is 12.2. The first-order chi connectivity index (χ1) is 27.0. The molecule has 0 aliphatic carbocycles. The van der Waals surface area contributed by atoms with Gasteiger partial charge in [0, 0.05) is 0 Å². The van der Waals surface area contributed by atoms with Gasteiger partial charge in [0.15, 0.2) is 0 Å². The summed E-state index contributed by atoms with van der Waals surface area (Å²) in [5, 5.41) is 33.5. The van der Waals surface area contributed by atoms with E-state index in [0.29, 0.717) is 12.8 Å². The zero-order valence-electron chi connectivity index (χ0n) is 37.6. The molecule has 0 bridgehead atoms. The Morgan fingerprint density at radius 1 is 0.382 bits per heavy atom. The van der Waals surface area contributed by atoms with Crippen molar-refractivity contribution in [2.75, 3.05) is 6.61 Å². The summed E-state index contributed by atoms with van der Waals surface area (Å²) >= 11 is 0. The van der Waals surface area contributed by atoms with Crippen LogP contribution in [0.15, 0.2) is 0 Å². The van der Waals surface area contributed by atoms with Crippen LogP contribution in [0.1, 0.15) is 290 Å². The summed E-state index contributed by atoms with van der Waals surface area (Å²) in [6.07, 6.45) is 53.8. The number of aliphatic hydroxyl groups is 3. The second kappa shape index (κ2) is 46.0. The molecule has 55 heavy (non-hydrogen) atoms. The van der Waals surface area contributed by atoms with Crippen molar-refractivity contribution >= 4 is 5.91 Å². The molecule has 4 N–H and O–H groups in total.